The highest BCUT2D eigenvalue weighted by atomic mass is 16.3. The fourth-order valence-corrected chi connectivity index (χ4v) is 0.797. The predicted molar refractivity (Wildman–Crippen MR) is 36.5 cm³/mol. The standard InChI is InChI=1S/C7H5N2O/c1-3-8-9-7(1)6-2-4-10-5-6/h1-5H. The summed E-state index contributed by atoms with van der Waals surface area (Å²) in [5, 5.41) is 3.85. The van der Waals surface area contributed by atoms with Gasteiger partial charge in [-0.25, -0.2) is 0 Å². The first-order valence-corrected chi connectivity index (χ1v) is 2.94. The summed E-state index contributed by atoms with van der Waals surface area (Å²) in [4.78, 5) is 0. The molecule has 0 aliphatic carbocycles. The van der Waals surface area contributed by atoms with Crippen LogP contribution < -0.4 is 5.43 Å². The Labute approximate surface area is 58.0 Å². The second-order valence-electron chi connectivity index (χ2n) is 1.93. The lowest BCUT2D eigenvalue weighted by Crippen LogP contribution is -1.90. The summed E-state index contributed by atoms with van der Waals surface area (Å²) in [5.41, 5.74) is 5.51. The number of nitrogens with zero attached hydrogens (tertiary/aromatic N) is 2. The van der Waals surface area contributed by atoms with Gasteiger partial charge in [-0.2, -0.15) is 10.5 Å². The Morgan fingerprint density at radius 3 is 3.00 bits per heavy atom. The highest BCUT2D eigenvalue weighted by molar-refractivity contribution is 6.09. The van der Waals surface area contributed by atoms with E-state index >= 15 is 0 Å². The first-order valence-electron chi connectivity index (χ1n) is 2.94. The molecule has 1 aliphatic heterocycles. The van der Waals surface area contributed by atoms with E-state index in [1.807, 2.05) is 12.1 Å². The number of furan rings is 1. The van der Waals surface area contributed by atoms with Crippen molar-refractivity contribution in [1.29, 1.82) is 0 Å². The number of allylic oxidation sites excluding steroid dienone is 1. The summed E-state index contributed by atoms with van der Waals surface area (Å²) >= 11 is 0. The monoisotopic (exact) mass is 133 g/mol. The molecule has 1 aromatic heterocycles. The molecule has 1 aliphatic rings. The molecule has 0 N–H and O–H groups in total. The Morgan fingerprint density at radius 2 is 2.40 bits per heavy atom. The van der Waals surface area contributed by atoms with Crippen LogP contribution in [-0.2, 0) is 0 Å². The maximum Gasteiger partial charge on any atom is 0.0997 e. The number of hydrogen-bond donors (Lipinski definition) is 0. The van der Waals surface area contributed by atoms with Gasteiger partial charge in [0.2, 0.25) is 0 Å². The van der Waals surface area contributed by atoms with Crippen molar-refractivity contribution in [3.05, 3.63) is 36.4 Å². The van der Waals surface area contributed by atoms with Gasteiger partial charge in [-0.05, 0) is 12.1 Å². The van der Waals surface area contributed by atoms with Crippen LogP contribution in [0.1, 0.15) is 5.56 Å². The van der Waals surface area contributed by atoms with Gasteiger partial charge in [0.25, 0.3) is 0 Å². The summed E-state index contributed by atoms with van der Waals surface area (Å²) in [6.07, 6.45) is 6.75. The Hall–Kier alpha value is -1.51. The van der Waals surface area contributed by atoms with E-state index < -0.39 is 0 Å². The maximum atomic E-state index is 4.87. The Balaban J connectivity index is 2.36. The molecule has 1 radical (unpaired) electrons. The van der Waals surface area contributed by atoms with Gasteiger partial charge in [-0.15, -0.1) is 0 Å². The molecule has 0 spiro atoms. The van der Waals surface area contributed by atoms with Crippen LogP contribution in [0.5, 0.6) is 0 Å². The SMILES string of the molecule is C1=CC(c2ccoc2)=N[N]1. The van der Waals surface area contributed by atoms with E-state index in [1.165, 1.54) is 0 Å². The molecular formula is C7H5N2O. The van der Waals surface area contributed by atoms with E-state index in [9.17, 15) is 0 Å². The normalized spacial score (nSPS) is 15.0. The van der Waals surface area contributed by atoms with Gasteiger partial charge in [0.1, 0.15) is 0 Å². The van der Waals surface area contributed by atoms with Crippen LogP contribution in [0.4, 0.5) is 0 Å². The van der Waals surface area contributed by atoms with Crippen molar-refractivity contribution in [3.63, 3.8) is 0 Å². The summed E-state index contributed by atoms with van der Waals surface area (Å²) in [5.74, 6) is 0. The summed E-state index contributed by atoms with van der Waals surface area (Å²) in [6, 6.07) is 1.85. The first kappa shape index (κ1) is 5.29. The van der Waals surface area contributed by atoms with E-state index in [-0.39, 0.29) is 0 Å². The highest BCUT2D eigenvalue weighted by Crippen LogP contribution is 2.05. The summed E-state index contributed by atoms with van der Waals surface area (Å²) in [6.45, 7) is 0. The smallest absolute Gasteiger partial charge is 0.0997 e. The van der Waals surface area contributed by atoms with Crippen LogP contribution in [-0.4, -0.2) is 5.71 Å². The third-order valence-electron chi connectivity index (χ3n) is 1.28. The molecular weight excluding hydrogens is 128 g/mol. The van der Waals surface area contributed by atoms with E-state index in [0.717, 1.165) is 11.3 Å². The average Bonchev–Trinajstić information content (AvgIpc) is 2.59. The second-order valence-corrected chi connectivity index (χ2v) is 1.93. The van der Waals surface area contributed by atoms with Crippen molar-refractivity contribution in [3.8, 4) is 0 Å². The van der Waals surface area contributed by atoms with Gasteiger partial charge in [-0.1, -0.05) is 0 Å². The van der Waals surface area contributed by atoms with Crippen molar-refractivity contribution < 1.29 is 4.42 Å². The lowest BCUT2D eigenvalue weighted by Gasteiger charge is -1.85. The minimum Gasteiger partial charge on any atom is -0.472 e. The Kier molecular flexibility index (Phi) is 1.07. The van der Waals surface area contributed by atoms with E-state index in [4.69, 9.17) is 4.42 Å². The molecule has 0 amide bonds. The zero-order valence-corrected chi connectivity index (χ0v) is 5.19. The molecule has 0 atom stereocenters. The molecule has 3 nitrogen and oxygen atoms in total. The van der Waals surface area contributed by atoms with Crippen LogP contribution in [0.15, 0.2) is 40.4 Å². The largest absolute Gasteiger partial charge is 0.472 e. The van der Waals surface area contributed by atoms with Gasteiger partial charge < -0.3 is 4.42 Å². The number of hydrogen-bond acceptors (Lipinski definition) is 2. The minimum absolute atomic E-state index is 0.855. The average molecular weight is 133 g/mol. The Morgan fingerprint density at radius 1 is 1.40 bits per heavy atom. The van der Waals surface area contributed by atoms with Crippen molar-refractivity contribution >= 4 is 5.71 Å². The molecule has 0 saturated carbocycles. The lowest BCUT2D eigenvalue weighted by atomic mass is 10.2. The first-order chi connectivity index (χ1) is 4.97. The fraction of sp³-hybridized carbons (Fsp3) is 0. The van der Waals surface area contributed by atoms with Crippen LogP contribution in [0.3, 0.4) is 0 Å². The van der Waals surface area contributed by atoms with Crippen LogP contribution >= 0.6 is 0 Å². The molecule has 49 valence electrons. The molecule has 0 bridgehead atoms. The van der Waals surface area contributed by atoms with Gasteiger partial charge in [0, 0.05) is 5.56 Å². The third kappa shape index (κ3) is 0.719. The van der Waals surface area contributed by atoms with Crippen molar-refractivity contribution in [2.75, 3.05) is 0 Å². The van der Waals surface area contributed by atoms with E-state index in [1.54, 1.807) is 18.7 Å². The zero-order chi connectivity index (χ0) is 6.81. The molecule has 0 aromatic carbocycles. The van der Waals surface area contributed by atoms with Gasteiger partial charge in [0.15, 0.2) is 0 Å². The van der Waals surface area contributed by atoms with Crippen molar-refractivity contribution in [1.82, 2.24) is 5.43 Å². The van der Waals surface area contributed by atoms with Crippen molar-refractivity contribution in [2.24, 2.45) is 5.10 Å². The fourth-order valence-electron chi connectivity index (χ4n) is 0.797. The maximum absolute atomic E-state index is 4.87. The second kappa shape index (κ2) is 2.02. The molecule has 0 fully saturated rings. The Bertz CT molecular complexity index is 272. The van der Waals surface area contributed by atoms with Gasteiger partial charge in [-0.3, -0.25) is 0 Å². The third-order valence-corrected chi connectivity index (χ3v) is 1.28. The summed E-state index contributed by atoms with van der Waals surface area (Å²) < 4.78 is 4.87. The lowest BCUT2D eigenvalue weighted by molar-refractivity contribution is 0.567. The van der Waals surface area contributed by atoms with Crippen LogP contribution in [0.25, 0.3) is 0 Å². The zero-order valence-electron chi connectivity index (χ0n) is 5.19. The molecule has 10 heavy (non-hydrogen) atoms. The van der Waals surface area contributed by atoms with Crippen molar-refractivity contribution in [2.45, 2.75) is 0 Å². The predicted octanol–water partition coefficient (Wildman–Crippen LogP) is 1.12. The highest BCUT2D eigenvalue weighted by Gasteiger charge is 2.04. The molecule has 2 rings (SSSR count). The topological polar surface area (TPSA) is 39.6 Å². The van der Waals surface area contributed by atoms with E-state index in [2.05, 4.69) is 10.5 Å². The van der Waals surface area contributed by atoms with Crippen LogP contribution in [0.2, 0.25) is 0 Å². The molecule has 1 aromatic rings. The van der Waals surface area contributed by atoms with E-state index in [0.29, 0.717) is 0 Å². The minimum atomic E-state index is 0.855. The molecule has 2 heterocycles. The quantitative estimate of drug-likeness (QED) is 0.565. The molecule has 0 unspecified atom stereocenters. The van der Waals surface area contributed by atoms with Gasteiger partial charge in [0.05, 0.1) is 24.4 Å². The van der Waals surface area contributed by atoms with Gasteiger partial charge >= 0.3 is 0 Å². The molecule has 3 heteroatoms. The van der Waals surface area contributed by atoms with Crippen LogP contribution in [0, 0.1) is 0 Å². The molecule has 0 saturated heterocycles. The summed E-state index contributed by atoms with van der Waals surface area (Å²) in [7, 11) is 0. The number of rotatable bonds is 1.